The molecule has 0 amide bonds. The first kappa shape index (κ1) is 15.7. The maximum atomic E-state index is 10.2. The van der Waals surface area contributed by atoms with Crippen LogP contribution in [0.1, 0.15) is 36.1 Å². The predicted octanol–water partition coefficient (Wildman–Crippen LogP) is 3.64. The molecule has 0 aliphatic rings. The number of aliphatic hydroxyl groups is 1. The lowest BCUT2D eigenvalue weighted by Crippen LogP contribution is -2.30. The van der Waals surface area contributed by atoms with Gasteiger partial charge in [0, 0.05) is 12.6 Å². The van der Waals surface area contributed by atoms with E-state index in [1.807, 2.05) is 30.3 Å². The molecule has 2 heteroatoms. The molecule has 0 aliphatic carbocycles. The Kier molecular flexibility index (Phi) is 5.97. The Labute approximate surface area is 127 Å². The molecule has 2 aromatic rings. The van der Waals surface area contributed by atoms with E-state index in [0.29, 0.717) is 12.6 Å². The lowest BCUT2D eigenvalue weighted by atomic mass is 10.0. The molecule has 2 unspecified atom stereocenters. The summed E-state index contributed by atoms with van der Waals surface area (Å²) in [4.78, 5) is 0. The van der Waals surface area contributed by atoms with E-state index in [0.717, 1.165) is 18.4 Å². The summed E-state index contributed by atoms with van der Waals surface area (Å²) in [5.41, 5.74) is 3.56. The summed E-state index contributed by atoms with van der Waals surface area (Å²) in [7, 11) is 0. The van der Waals surface area contributed by atoms with Gasteiger partial charge in [-0.2, -0.15) is 0 Å². The minimum absolute atomic E-state index is 0.394. The average molecular weight is 283 g/mol. The molecule has 0 saturated heterocycles. The molecule has 2 rings (SSSR count). The highest BCUT2D eigenvalue weighted by molar-refractivity contribution is 5.23. The molecule has 0 heterocycles. The van der Waals surface area contributed by atoms with Crippen LogP contribution in [0.2, 0.25) is 0 Å². The second-order valence-electron chi connectivity index (χ2n) is 5.76. The van der Waals surface area contributed by atoms with Crippen LogP contribution in [0.3, 0.4) is 0 Å². The third-order valence-corrected chi connectivity index (χ3v) is 3.83. The zero-order valence-electron chi connectivity index (χ0n) is 12.9. The Morgan fingerprint density at radius 2 is 1.67 bits per heavy atom. The Morgan fingerprint density at radius 1 is 1.00 bits per heavy atom. The Balaban J connectivity index is 1.73. The highest BCUT2D eigenvalue weighted by Crippen LogP contribution is 2.13. The molecule has 2 N–H and O–H groups in total. The topological polar surface area (TPSA) is 32.3 Å². The molecule has 2 aromatic carbocycles. The fourth-order valence-electron chi connectivity index (χ4n) is 2.35. The van der Waals surface area contributed by atoms with Crippen LogP contribution in [0, 0.1) is 6.92 Å². The maximum Gasteiger partial charge on any atom is 0.0914 e. The standard InChI is InChI=1S/C19H25NO/c1-15-8-12-18(13-9-15)19(21)14-20-16(2)10-11-17-6-4-3-5-7-17/h3-9,12-13,16,19-21H,10-11,14H2,1-2H3. The maximum absolute atomic E-state index is 10.2. The minimum Gasteiger partial charge on any atom is -0.387 e. The number of rotatable bonds is 7. The van der Waals surface area contributed by atoms with Crippen LogP contribution in [-0.2, 0) is 6.42 Å². The molecule has 0 spiro atoms. The summed E-state index contributed by atoms with van der Waals surface area (Å²) in [6.45, 7) is 4.82. The quantitative estimate of drug-likeness (QED) is 0.813. The summed E-state index contributed by atoms with van der Waals surface area (Å²) < 4.78 is 0. The van der Waals surface area contributed by atoms with E-state index >= 15 is 0 Å². The van der Waals surface area contributed by atoms with Gasteiger partial charge in [-0.05, 0) is 37.8 Å². The SMILES string of the molecule is Cc1ccc(C(O)CNC(C)CCc2ccccc2)cc1. The van der Waals surface area contributed by atoms with Gasteiger partial charge in [0.1, 0.15) is 0 Å². The van der Waals surface area contributed by atoms with Crippen molar-refractivity contribution in [1.82, 2.24) is 5.32 Å². The van der Waals surface area contributed by atoms with E-state index in [1.165, 1.54) is 11.1 Å². The fraction of sp³-hybridized carbons (Fsp3) is 0.368. The van der Waals surface area contributed by atoms with E-state index in [2.05, 4.69) is 43.4 Å². The van der Waals surface area contributed by atoms with E-state index in [4.69, 9.17) is 0 Å². The Hall–Kier alpha value is -1.64. The zero-order chi connectivity index (χ0) is 15.1. The molecule has 112 valence electrons. The summed E-state index contributed by atoms with van der Waals surface area (Å²) in [5, 5.41) is 13.6. The summed E-state index contributed by atoms with van der Waals surface area (Å²) in [6.07, 6.45) is 1.70. The van der Waals surface area contributed by atoms with Gasteiger partial charge in [-0.15, -0.1) is 0 Å². The Bertz CT molecular complexity index is 521. The van der Waals surface area contributed by atoms with Crippen LogP contribution >= 0.6 is 0 Å². The lowest BCUT2D eigenvalue weighted by molar-refractivity contribution is 0.170. The first-order chi connectivity index (χ1) is 10.1. The number of hydrogen-bond acceptors (Lipinski definition) is 2. The molecule has 0 fully saturated rings. The number of aryl methyl sites for hydroxylation is 2. The molecule has 2 nitrogen and oxygen atoms in total. The number of benzene rings is 2. The van der Waals surface area contributed by atoms with Crippen molar-refractivity contribution in [3.05, 3.63) is 71.3 Å². The van der Waals surface area contributed by atoms with E-state index in [-0.39, 0.29) is 0 Å². The van der Waals surface area contributed by atoms with Crippen molar-refractivity contribution >= 4 is 0 Å². The number of nitrogens with one attached hydrogen (secondary N) is 1. The average Bonchev–Trinajstić information content (AvgIpc) is 2.52. The van der Waals surface area contributed by atoms with Crippen LogP contribution in [0.25, 0.3) is 0 Å². The van der Waals surface area contributed by atoms with Crippen LogP contribution in [0.15, 0.2) is 54.6 Å². The van der Waals surface area contributed by atoms with Gasteiger partial charge in [-0.1, -0.05) is 60.2 Å². The van der Waals surface area contributed by atoms with Crippen molar-refractivity contribution in [2.75, 3.05) is 6.54 Å². The monoisotopic (exact) mass is 283 g/mol. The van der Waals surface area contributed by atoms with Gasteiger partial charge in [0.25, 0.3) is 0 Å². The van der Waals surface area contributed by atoms with E-state index in [9.17, 15) is 5.11 Å². The second-order valence-corrected chi connectivity index (χ2v) is 5.76. The van der Waals surface area contributed by atoms with E-state index in [1.54, 1.807) is 0 Å². The van der Waals surface area contributed by atoms with Gasteiger partial charge in [-0.3, -0.25) is 0 Å². The number of hydrogen-bond donors (Lipinski definition) is 2. The van der Waals surface area contributed by atoms with Gasteiger partial charge >= 0.3 is 0 Å². The van der Waals surface area contributed by atoms with Gasteiger partial charge in [-0.25, -0.2) is 0 Å². The van der Waals surface area contributed by atoms with Crippen molar-refractivity contribution in [3.8, 4) is 0 Å². The van der Waals surface area contributed by atoms with Crippen molar-refractivity contribution in [3.63, 3.8) is 0 Å². The predicted molar refractivity (Wildman–Crippen MR) is 88.4 cm³/mol. The molecular formula is C19H25NO. The van der Waals surface area contributed by atoms with Crippen molar-refractivity contribution in [2.45, 2.75) is 38.8 Å². The van der Waals surface area contributed by atoms with Crippen LogP contribution in [0.4, 0.5) is 0 Å². The zero-order valence-corrected chi connectivity index (χ0v) is 12.9. The summed E-state index contributed by atoms with van der Waals surface area (Å²) in [5.74, 6) is 0. The first-order valence-corrected chi connectivity index (χ1v) is 7.67. The molecule has 0 saturated carbocycles. The molecular weight excluding hydrogens is 258 g/mol. The van der Waals surface area contributed by atoms with Gasteiger partial charge in [0.05, 0.1) is 6.10 Å². The first-order valence-electron chi connectivity index (χ1n) is 7.67. The highest BCUT2D eigenvalue weighted by Gasteiger charge is 2.09. The van der Waals surface area contributed by atoms with Crippen molar-refractivity contribution in [1.29, 1.82) is 0 Å². The van der Waals surface area contributed by atoms with Crippen molar-refractivity contribution in [2.24, 2.45) is 0 Å². The third kappa shape index (κ3) is 5.33. The molecule has 0 bridgehead atoms. The van der Waals surface area contributed by atoms with Crippen LogP contribution < -0.4 is 5.32 Å². The van der Waals surface area contributed by atoms with Crippen LogP contribution in [0.5, 0.6) is 0 Å². The molecule has 0 aromatic heterocycles. The van der Waals surface area contributed by atoms with Gasteiger partial charge < -0.3 is 10.4 Å². The largest absolute Gasteiger partial charge is 0.387 e. The van der Waals surface area contributed by atoms with Crippen LogP contribution in [-0.4, -0.2) is 17.7 Å². The number of aliphatic hydroxyl groups excluding tert-OH is 1. The minimum atomic E-state index is -0.440. The van der Waals surface area contributed by atoms with Gasteiger partial charge in [0.2, 0.25) is 0 Å². The molecule has 0 aliphatic heterocycles. The molecule has 2 atom stereocenters. The second kappa shape index (κ2) is 7.96. The summed E-state index contributed by atoms with van der Waals surface area (Å²) >= 11 is 0. The van der Waals surface area contributed by atoms with E-state index < -0.39 is 6.10 Å². The molecule has 0 radical (unpaired) electrons. The third-order valence-electron chi connectivity index (χ3n) is 3.83. The smallest absolute Gasteiger partial charge is 0.0914 e. The molecule has 21 heavy (non-hydrogen) atoms. The fourth-order valence-corrected chi connectivity index (χ4v) is 2.35. The highest BCUT2D eigenvalue weighted by atomic mass is 16.3. The lowest BCUT2D eigenvalue weighted by Gasteiger charge is -2.17. The summed E-state index contributed by atoms with van der Waals surface area (Å²) in [6, 6.07) is 19.0. The normalized spacial score (nSPS) is 13.9. The Morgan fingerprint density at radius 3 is 2.33 bits per heavy atom. The van der Waals surface area contributed by atoms with Crippen molar-refractivity contribution < 1.29 is 5.11 Å². The van der Waals surface area contributed by atoms with Gasteiger partial charge in [0.15, 0.2) is 0 Å².